The Balaban J connectivity index is 0.00000196. The Bertz CT molecular complexity index is 393. The monoisotopic (exact) mass is 219 g/mol. The standard InChI is InChI=1S/C8H7NO5.Na/c10-4-5-2-1-3-6(9(13)14)7(5)8(11)12;/h1-3,10H,4H2,(H,11,12);/q;+1/p-1. The summed E-state index contributed by atoms with van der Waals surface area (Å²) in [7, 11) is 0. The molecule has 0 unspecified atom stereocenters. The maximum absolute atomic E-state index is 10.6. The smallest absolute Gasteiger partial charge is 0.545 e. The molecule has 0 aliphatic carbocycles. The van der Waals surface area contributed by atoms with E-state index in [2.05, 4.69) is 0 Å². The summed E-state index contributed by atoms with van der Waals surface area (Å²) in [6.45, 7) is -0.578. The maximum Gasteiger partial charge on any atom is 1.00 e. The summed E-state index contributed by atoms with van der Waals surface area (Å²) in [5, 5.41) is 29.8. The van der Waals surface area contributed by atoms with Gasteiger partial charge in [-0.05, 0) is 5.56 Å². The number of carboxylic acid groups (broad SMARTS) is 1. The Labute approximate surface area is 107 Å². The first-order valence-electron chi connectivity index (χ1n) is 3.66. The summed E-state index contributed by atoms with van der Waals surface area (Å²) in [6.07, 6.45) is 0. The topological polar surface area (TPSA) is 104 Å². The van der Waals surface area contributed by atoms with Gasteiger partial charge in [-0.1, -0.05) is 12.1 Å². The van der Waals surface area contributed by atoms with E-state index in [-0.39, 0.29) is 35.1 Å². The molecular weight excluding hydrogens is 213 g/mol. The number of carbonyl (C=O) groups excluding carboxylic acids is 1. The molecule has 1 N–H and O–H groups in total. The van der Waals surface area contributed by atoms with Crippen LogP contribution in [0.25, 0.3) is 0 Å². The van der Waals surface area contributed by atoms with E-state index in [1.165, 1.54) is 12.1 Å². The number of hydrogen-bond donors (Lipinski definition) is 1. The summed E-state index contributed by atoms with van der Waals surface area (Å²) in [5.74, 6) is -1.67. The van der Waals surface area contributed by atoms with Gasteiger partial charge in [0.15, 0.2) is 0 Å². The minimum absolute atomic E-state index is 0. The number of nitrogens with zero attached hydrogens (tertiary/aromatic N) is 1. The number of aromatic carboxylic acids is 1. The number of aliphatic hydroxyl groups excluding tert-OH is 1. The zero-order valence-corrected chi connectivity index (χ0v) is 9.97. The fraction of sp³-hybridized carbons (Fsp3) is 0.125. The minimum Gasteiger partial charge on any atom is -0.545 e. The van der Waals surface area contributed by atoms with Crippen molar-refractivity contribution in [1.29, 1.82) is 0 Å². The molecule has 1 aromatic carbocycles. The number of hydrogen-bond acceptors (Lipinski definition) is 5. The molecule has 0 aliphatic heterocycles. The second-order valence-electron chi connectivity index (χ2n) is 2.51. The average Bonchev–Trinajstić information content (AvgIpc) is 2.16. The zero-order valence-electron chi connectivity index (χ0n) is 7.97. The van der Waals surface area contributed by atoms with Crippen LogP contribution in [0.15, 0.2) is 18.2 Å². The molecule has 0 atom stereocenters. The van der Waals surface area contributed by atoms with Crippen LogP contribution in [0, 0.1) is 10.1 Å². The number of rotatable bonds is 3. The molecule has 7 heteroatoms. The van der Waals surface area contributed by atoms with E-state index < -0.39 is 28.8 Å². The van der Waals surface area contributed by atoms with Crippen molar-refractivity contribution >= 4 is 11.7 Å². The van der Waals surface area contributed by atoms with E-state index >= 15 is 0 Å². The first kappa shape index (κ1) is 14.1. The van der Waals surface area contributed by atoms with Gasteiger partial charge in [-0.15, -0.1) is 0 Å². The summed E-state index contributed by atoms with van der Waals surface area (Å²) < 4.78 is 0. The van der Waals surface area contributed by atoms with E-state index in [4.69, 9.17) is 5.11 Å². The van der Waals surface area contributed by atoms with Gasteiger partial charge in [0.05, 0.1) is 23.1 Å². The summed E-state index contributed by atoms with van der Waals surface area (Å²) >= 11 is 0. The summed E-state index contributed by atoms with van der Waals surface area (Å²) in [5.41, 5.74) is -1.17. The second kappa shape index (κ2) is 5.82. The van der Waals surface area contributed by atoms with Crippen LogP contribution < -0.4 is 34.7 Å². The van der Waals surface area contributed by atoms with Gasteiger partial charge >= 0.3 is 29.6 Å². The Hall–Kier alpha value is -0.950. The van der Waals surface area contributed by atoms with E-state index in [1.807, 2.05) is 0 Å². The van der Waals surface area contributed by atoms with Crippen molar-refractivity contribution in [3.05, 3.63) is 39.4 Å². The molecule has 0 radical (unpaired) electrons. The third-order valence-electron chi connectivity index (χ3n) is 1.70. The van der Waals surface area contributed by atoms with Gasteiger partial charge in [0, 0.05) is 6.07 Å². The van der Waals surface area contributed by atoms with E-state index in [0.717, 1.165) is 6.07 Å². The van der Waals surface area contributed by atoms with Crippen LogP contribution >= 0.6 is 0 Å². The number of aliphatic hydroxyl groups is 1. The van der Waals surface area contributed by atoms with Gasteiger partial charge < -0.3 is 15.0 Å². The molecular formula is C8H6NNaO5. The number of carbonyl (C=O) groups is 1. The van der Waals surface area contributed by atoms with Crippen molar-refractivity contribution in [1.82, 2.24) is 0 Å². The molecule has 0 fully saturated rings. The van der Waals surface area contributed by atoms with Crippen LogP contribution in [0.5, 0.6) is 0 Å². The van der Waals surface area contributed by atoms with Crippen LogP contribution in [0.3, 0.4) is 0 Å². The molecule has 0 amide bonds. The van der Waals surface area contributed by atoms with Crippen molar-refractivity contribution < 1.29 is 49.5 Å². The molecule has 1 rings (SSSR count). The van der Waals surface area contributed by atoms with Crippen molar-refractivity contribution in [2.24, 2.45) is 0 Å². The van der Waals surface area contributed by atoms with Crippen LogP contribution in [0.1, 0.15) is 15.9 Å². The predicted molar refractivity (Wildman–Crippen MR) is 43.3 cm³/mol. The van der Waals surface area contributed by atoms with Gasteiger partial charge in [-0.2, -0.15) is 0 Å². The summed E-state index contributed by atoms with van der Waals surface area (Å²) in [6, 6.07) is 3.64. The van der Waals surface area contributed by atoms with E-state index in [0.29, 0.717) is 0 Å². The number of nitro benzene ring substituents is 1. The number of carboxylic acids is 1. The molecule has 0 saturated carbocycles. The SMILES string of the molecule is O=C([O-])c1c(CO)cccc1[N+](=O)[O-].[Na+]. The first-order valence-corrected chi connectivity index (χ1v) is 3.66. The molecule has 74 valence electrons. The van der Waals surface area contributed by atoms with Gasteiger partial charge in [-0.3, -0.25) is 10.1 Å². The number of benzene rings is 1. The first-order chi connectivity index (χ1) is 6.57. The van der Waals surface area contributed by atoms with Crippen molar-refractivity contribution in [3.63, 3.8) is 0 Å². The molecule has 0 aromatic heterocycles. The van der Waals surface area contributed by atoms with Crippen LogP contribution in [0.4, 0.5) is 5.69 Å². The Morgan fingerprint density at radius 3 is 2.47 bits per heavy atom. The van der Waals surface area contributed by atoms with Gasteiger partial charge in [-0.25, -0.2) is 0 Å². The van der Waals surface area contributed by atoms with Gasteiger partial charge in [0.1, 0.15) is 0 Å². The molecule has 0 spiro atoms. The Morgan fingerprint density at radius 2 is 2.07 bits per heavy atom. The van der Waals surface area contributed by atoms with Crippen molar-refractivity contribution in [3.8, 4) is 0 Å². The van der Waals surface area contributed by atoms with Crippen LogP contribution in [0.2, 0.25) is 0 Å². The number of nitro groups is 1. The Kier molecular flexibility index (Phi) is 5.45. The van der Waals surface area contributed by atoms with E-state index in [9.17, 15) is 20.0 Å². The maximum atomic E-state index is 10.6. The average molecular weight is 219 g/mol. The quantitative estimate of drug-likeness (QED) is 0.322. The van der Waals surface area contributed by atoms with Gasteiger partial charge in [0.25, 0.3) is 5.69 Å². The molecule has 0 heterocycles. The molecule has 0 bridgehead atoms. The molecule has 0 saturated heterocycles. The van der Waals surface area contributed by atoms with Crippen LogP contribution in [-0.2, 0) is 6.61 Å². The second-order valence-corrected chi connectivity index (χ2v) is 2.51. The largest absolute Gasteiger partial charge is 1.00 e. The third kappa shape index (κ3) is 3.00. The van der Waals surface area contributed by atoms with Crippen molar-refractivity contribution in [2.75, 3.05) is 0 Å². The zero-order chi connectivity index (χ0) is 10.7. The third-order valence-corrected chi connectivity index (χ3v) is 1.70. The minimum atomic E-state index is -1.67. The van der Waals surface area contributed by atoms with Gasteiger partial charge in [0.2, 0.25) is 0 Å². The molecule has 15 heavy (non-hydrogen) atoms. The fourth-order valence-corrected chi connectivity index (χ4v) is 1.11. The fourth-order valence-electron chi connectivity index (χ4n) is 1.11. The molecule has 0 aliphatic rings. The Morgan fingerprint density at radius 1 is 1.47 bits per heavy atom. The van der Waals surface area contributed by atoms with Crippen LogP contribution in [-0.4, -0.2) is 16.0 Å². The van der Waals surface area contributed by atoms with Crippen molar-refractivity contribution in [2.45, 2.75) is 6.61 Å². The predicted octanol–water partition coefficient (Wildman–Crippen LogP) is -3.55. The summed E-state index contributed by atoms with van der Waals surface area (Å²) in [4.78, 5) is 20.2. The molecule has 1 aromatic rings. The van der Waals surface area contributed by atoms with E-state index in [1.54, 1.807) is 0 Å². The molecule has 6 nitrogen and oxygen atoms in total. The normalized spacial score (nSPS) is 9.13.